The number of aliphatic hydroxyl groups is 3. The number of carbonyl (C=O) groups excluding carboxylic acids is 2. The van der Waals surface area contributed by atoms with Crippen molar-refractivity contribution in [1.82, 2.24) is 10.6 Å². The fraction of sp³-hybridized carbons (Fsp3) is 0.929. The molecule has 0 radical (unpaired) electrons. The lowest BCUT2D eigenvalue weighted by Crippen LogP contribution is -2.62. The lowest BCUT2D eigenvalue weighted by atomic mass is 9.43. The monoisotopic (exact) mass is 571 g/mol. The van der Waals surface area contributed by atoms with Crippen LogP contribution in [0.3, 0.4) is 0 Å². The number of hydrogen-bond acceptors (Lipinski definition) is 8. The minimum atomic E-state index is -4.41. The first-order valence-corrected chi connectivity index (χ1v) is 16.3. The molecule has 4 aliphatic rings. The van der Waals surface area contributed by atoms with Gasteiger partial charge in [0.25, 0.3) is 0 Å². The van der Waals surface area contributed by atoms with Crippen molar-refractivity contribution in [3.63, 3.8) is 0 Å². The molecule has 4 aliphatic carbocycles. The van der Waals surface area contributed by atoms with Crippen molar-refractivity contribution < 1.29 is 37.9 Å². The van der Waals surface area contributed by atoms with Gasteiger partial charge in [-0.05, 0) is 97.7 Å². The Hall–Kier alpha value is -1.27. The molecule has 0 aromatic rings. The average molecular weight is 572 g/mol. The van der Waals surface area contributed by atoms with Gasteiger partial charge in [-0.2, -0.15) is 0 Å². The van der Waals surface area contributed by atoms with Gasteiger partial charge in [0.2, 0.25) is 11.8 Å². The molecule has 2 amide bonds. The largest absolute Gasteiger partial charge is 0.748 e. The lowest BCUT2D eigenvalue weighted by molar-refractivity contribution is -0.207. The first-order chi connectivity index (χ1) is 18.2. The lowest BCUT2D eigenvalue weighted by Gasteiger charge is -2.63. The van der Waals surface area contributed by atoms with Gasteiger partial charge in [0, 0.05) is 13.0 Å². The van der Waals surface area contributed by atoms with Crippen LogP contribution in [0.4, 0.5) is 0 Å². The van der Waals surface area contributed by atoms with E-state index in [0.29, 0.717) is 12.8 Å². The molecule has 0 bridgehead atoms. The highest BCUT2D eigenvalue weighted by Crippen LogP contribution is 2.68. The Labute approximate surface area is 232 Å². The van der Waals surface area contributed by atoms with Crippen LogP contribution in [-0.4, -0.2) is 77.3 Å². The van der Waals surface area contributed by atoms with E-state index in [0.717, 1.165) is 38.5 Å². The van der Waals surface area contributed by atoms with Gasteiger partial charge in [-0.1, -0.05) is 20.8 Å². The normalized spacial score (nSPS) is 42.5. The molecule has 10 nitrogen and oxygen atoms in total. The Morgan fingerprint density at radius 1 is 1.00 bits per heavy atom. The van der Waals surface area contributed by atoms with E-state index >= 15 is 0 Å². The Morgan fingerprint density at radius 3 is 2.41 bits per heavy atom. The van der Waals surface area contributed by atoms with Gasteiger partial charge in [-0.15, -0.1) is 0 Å². The molecule has 0 heterocycles. The second-order valence-corrected chi connectivity index (χ2v) is 15.0. The van der Waals surface area contributed by atoms with Crippen LogP contribution < -0.4 is 10.6 Å². The number of carbonyl (C=O) groups is 2. The highest BCUT2D eigenvalue weighted by atomic mass is 32.2. The summed E-state index contributed by atoms with van der Waals surface area (Å²) in [5.41, 5.74) is -0.306. The maximum atomic E-state index is 12.4. The molecule has 0 saturated heterocycles. The van der Waals surface area contributed by atoms with Gasteiger partial charge in [0.05, 0.1) is 40.7 Å². The zero-order valence-corrected chi connectivity index (χ0v) is 24.3. The van der Waals surface area contributed by atoms with Crippen molar-refractivity contribution in [3.05, 3.63) is 0 Å². The summed E-state index contributed by atoms with van der Waals surface area (Å²) in [4.78, 5) is 24.2. The summed E-state index contributed by atoms with van der Waals surface area (Å²) in [5, 5.41) is 38.2. The summed E-state index contributed by atoms with van der Waals surface area (Å²) in [7, 11) is -4.41. The highest BCUT2D eigenvalue weighted by molar-refractivity contribution is 7.85. The standard InChI is InChI=1S/C28H48N2O8S/c1-16(4-7-24(34)30-15-25(35)29-10-11-39(36,37)38)19-5-6-20-26-21(14-23(33)28(19,20)3)27(2)9-8-18(31)12-17(27)13-22(26)32/h16-23,26,31-33H,4-15H2,1-3H3,(H,29,35)(H,30,34)(H,36,37,38)/p-1/t16-,17+,18-,19-,20?,21?,22?,23+,26?,27+,28-/m1/s1. The average Bonchev–Trinajstić information content (AvgIpc) is 3.20. The molecule has 4 fully saturated rings. The summed E-state index contributed by atoms with van der Waals surface area (Å²) in [5.74, 6) is -0.259. The number of aliphatic hydroxyl groups excluding tert-OH is 3. The van der Waals surface area contributed by atoms with Crippen LogP contribution in [-0.2, 0) is 19.7 Å². The topological polar surface area (TPSA) is 176 Å². The zero-order chi connectivity index (χ0) is 28.8. The van der Waals surface area contributed by atoms with Crippen molar-refractivity contribution in [2.24, 2.45) is 46.3 Å². The van der Waals surface area contributed by atoms with Gasteiger partial charge < -0.3 is 30.5 Å². The number of rotatable bonds is 9. The number of fused-ring (bicyclic) bond motifs is 5. The van der Waals surface area contributed by atoms with E-state index < -0.39 is 34.0 Å². The molecule has 0 aromatic carbocycles. The van der Waals surface area contributed by atoms with Crippen LogP contribution in [0, 0.1) is 46.3 Å². The summed E-state index contributed by atoms with van der Waals surface area (Å²) in [6, 6.07) is 0. The fourth-order valence-electron chi connectivity index (χ4n) is 9.34. The van der Waals surface area contributed by atoms with Crippen molar-refractivity contribution in [2.75, 3.05) is 18.8 Å². The molecule has 224 valence electrons. The maximum absolute atomic E-state index is 12.4. The second-order valence-electron chi connectivity index (χ2n) is 13.4. The van der Waals surface area contributed by atoms with Crippen LogP contribution in [0.1, 0.15) is 78.6 Å². The first-order valence-electron chi connectivity index (χ1n) is 14.7. The summed E-state index contributed by atoms with van der Waals surface area (Å²) in [6.45, 7) is 6.05. The SMILES string of the molecule is C[C@H](CCC(=O)NCC(=O)NCCS(=O)(=O)[O-])[C@H]1CCC2C3C(O)C[C@@H]4C[C@H](O)CC[C@]4(C)C3C[C@H](O)[C@@]21C. The molecule has 0 aromatic heterocycles. The molecule has 4 rings (SSSR count). The molecular weight excluding hydrogens is 524 g/mol. The molecule has 4 saturated carbocycles. The molecule has 4 unspecified atom stereocenters. The predicted octanol–water partition coefficient (Wildman–Crippen LogP) is 1.14. The van der Waals surface area contributed by atoms with Crippen molar-refractivity contribution in [1.29, 1.82) is 0 Å². The van der Waals surface area contributed by atoms with E-state index in [1.54, 1.807) is 0 Å². The quantitative estimate of drug-likeness (QED) is 0.256. The minimum absolute atomic E-state index is 0.0305. The van der Waals surface area contributed by atoms with E-state index in [-0.39, 0.29) is 77.9 Å². The van der Waals surface area contributed by atoms with Crippen molar-refractivity contribution in [2.45, 2.75) is 96.9 Å². The third-order valence-corrected chi connectivity index (χ3v) is 12.2. The summed E-state index contributed by atoms with van der Waals surface area (Å²) in [6.07, 6.45) is 5.39. The molecule has 5 N–H and O–H groups in total. The van der Waals surface area contributed by atoms with Gasteiger partial charge >= 0.3 is 0 Å². The van der Waals surface area contributed by atoms with E-state index in [1.165, 1.54) is 0 Å². The van der Waals surface area contributed by atoms with Crippen LogP contribution >= 0.6 is 0 Å². The number of hydrogen-bond donors (Lipinski definition) is 5. The van der Waals surface area contributed by atoms with Crippen LogP contribution in [0.15, 0.2) is 0 Å². The second kappa shape index (κ2) is 11.5. The third-order valence-electron chi connectivity index (χ3n) is 11.5. The fourth-order valence-corrected chi connectivity index (χ4v) is 9.69. The third kappa shape index (κ3) is 6.17. The van der Waals surface area contributed by atoms with E-state index in [4.69, 9.17) is 0 Å². The Bertz CT molecular complexity index is 1020. The van der Waals surface area contributed by atoms with Gasteiger partial charge in [-0.3, -0.25) is 9.59 Å². The van der Waals surface area contributed by atoms with Gasteiger partial charge in [0.1, 0.15) is 0 Å². The van der Waals surface area contributed by atoms with Gasteiger partial charge in [-0.25, -0.2) is 8.42 Å². The molecule has 11 heteroatoms. The Morgan fingerprint density at radius 2 is 1.72 bits per heavy atom. The van der Waals surface area contributed by atoms with E-state index in [1.807, 2.05) is 0 Å². The first kappa shape index (κ1) is 30.7. The maximum Gasteiger partial charge on any atom is 0.239 e. The van der Waals surface area contributed by atoms with Crippen LogP contribution in [0.25, 0.3) is 0 Å². The molecule has 39 heavy (non-hydrogen) atoms. The van der Waals surface area contributed by atoms with Crippen LogP contribution in [0.2, 0.25) is 0 Å². The van der Waals surface area contributed by atoms with Crippen molar-refractivity contribution >= 4 is 21.9 Å². The molecule has 11 atom stereocenters. The zero-order valence-electron chi connectivity index (χ0n) is 23.5. The van der Waals surface area contributed by atoms with E-state index in [9.17, 15) is 37.9 Å². The van der Waals surface area contributed by atoms with E-state index in [2.05, 4.69) is 31.4 Å². The predicted molar refractivity (Wildman–Crippen MR) is 143 cm³/mol. The smallest absolute Gasteiger partial charge is 0.239 e. The minimum Gasteiger partial charge on any atom is -0.748 e. The number of nitrogens with one attached hydrogen (secondary N) is 2. The Balaban J connectivity index is 1.33. The highest BCUT2D eigenvalue weighted by Gasteiger charge is 2.65. The molecule has 0 aliphatic heterocycles. The van der Waals surface area contributed by atoms with Gasteiger partial charge in [0.15, 0.2) is 0 Å². The Kier molecular flexibility index (Phi) is 9.08. The van der Waals surface area contributed by atoms with Crippen molar-refractivity contribution in [3.8, 4) is 0 Å². The summed E-state index contributed by atoms with van der Waals surface area (Å²) < 4.78 is 31.9. The molecule has 0 spiro atoms. The molecular formula is C28H47N2O8S-. The van der Waals surface area contributed by atoms with Crippen LogP contribution in [0.5, 0.6) is 0 Å². The number of amides is 2. The summed E-state index contributed by atoms with van der Waals surface area (Å²) >= 11 is 0.